The van der Waals surface area contributed by atoms with Gasteiger partial charge in [-0.05, 0) is 24.3 Å². The summed E-state index contributed by atoms with van der Waals surface area (Å²) in [5, 5.41) is 24.5. The third-order valence-corrected chi connectivity index (χ3v) is 10.1. The fraction of sp³-hybridized carbons (Fsp3) is 0.158. The lowest BCUT2D eigenvalue weighted by atomic mass is 10.1. The van der Waals surface area contributed by atoms with Gasteiger partial charge in [-0.15, -0.1) is 0 Å². The molecule has 13 nitrogen and oxygen atoms in total. The number of thioether (sulfide) groups is 1. The third kappa shape index (κ3) is 9.71. The van der Waals surface area contributed by atoms with E-state index in [2.05, 4.69) is 40.4 Å². The van der Waals surface area contributed by atoms with Crippen LogP contribution >= 0.6 is 23.4 Å². The zero-order chi connectivity index (χ0) is 45.1. The summed E-state index contributed by atoms with van der Waals surface area (Å²) >= 11 is 5.43. The molecule has 0 aliphatic heterocycles. The van der Waals surface area contributed by atoms with Crippen LogP contribution in [0, 0.1) is 23.3 Å². The molecule has 0 unspecified atom stereocenters. The highest BCUT2D eigenvalue weighted by Gasteiger charge is 2.70. The molecule has 0 bridgehead atoms. The van der Waals surface area contributed by atoms with Gasteiger partial charge in [-0.3, -0.25) is 9.36 Å². The normalized spacial score (nSPS) is 12.1. The molecule has 0 saturated carbocycles. The van der Waals surface area contributed by atoms with Crippen molar-refractivity contribution >= 4 is 23.4 Å². The van der Waals surface area contributed by atoms with E-state index in [4.69, 9.17) is 20.6 Å². The minimum atomic E-state index is -6.08. The van der Waals surface area contributed by atoms with Gasteiger partial charge >= 0.3 is 12.4 Å². The maximum Gasteiger partial charge on any atom is 0.427 e. The van der Waals surface area contributed by atoms with Crippen molar-refractivity contribution in [1.82, 2.24) is 49.8 Å². The predicted octanol–water partition coefficient (Wildman–Crippen LogP) is 9.24. The predicted molar refractivity (Wildman–Crippen MR) is 201 cm³/mol. The number of rotatable bonds is 11. The van der Waals surface area contributed by atoms with Crippen molar-refractivity contribution in [3.05, 3.63) is 137 Å². The molecule has 1 N–H and O–H groups in total. The second-order valence-electron chi connectivity index (χ2n) is 12.9. The van der Waals surface area contributed by atoms with Crippen LogP contribution in [0.2, 0.25) is 5.15 Å². The van der Waals surface area contributed by atoms with Gasteiger partial charge in [-0.2, -0.15) is 36.5 Å². The molecule has 0 atom stereocenters. The van der Waals surface area contributed by atoms with Gasteiger partial charge in [-0.1, -0.05) is 70.1 Å². The molecule has 2 aromatic carbocycles. The number of alkyl halides is 6. The van der Waals surface area contributed by atoms with E-state index >= 15 is 0 Å². The molecule has 326 valence electrons. The van der Waals surface area contributed by atoms with Crippen LogP contribution in [0.15, 0.2) is 112 Å². The summed E-state index contributed by atoms with van der Waals surface area (Å²) in [6.45, 7) is 0.0473. The van der Waals surface area contributed by atoms with Gasteiger partial charge in [-0.25, -0.2) is 37.5 Å². The first kappa shape index (κ1) is 44.4. The van der Waals surface area contributed by atoms with Crippen LogP contribution in [0.1, 0.15) is 11.1 Å². The minimum Gasteiger partial charge on any atom is -0.373 e. The molecular formula is C38H23ClF10N10O3S. The number of aromatic nitrogens is 10. The summed E-state index contributed by atoms with van der Waals surface area (Å²) in [5.41, 5.74) is -2.54. The highest BCUT2D eigenvalue weighted by Crippen LogP contribution is 2.46. The van der Waals surface area contributed by atoms with Crippen molar-refractivity contribution in [1.29, 1.82) is 0 Å². The monoisotopic (exact) mass is 924 g/mol. The molecular weight excluding hydrogens is 902 g/mol. The lowest BCUT2D eigenvalue weighted by Gasteiger charge is -2.31. The molecule has 0 fully saturated rings. The summed E-state index contributed by atoms with van der Waals surface area (Å²) in [4.78, 5) is 15.2. The molecule has 8 rings (SSSR count). The van der Waals surface area contributed by atoms with Gasteiger partial charge < -0.3 is 14.2 Å². The maximum atomic E-state index is 14.2. The number of halogens is 11. The molecule has 0 amide bonds. The summed E-state index contributed by atoms with van der Waals surface area (Å²) in [6.07, 6.45) is -7.99. The summed E-state index contributed by atoms with van der Waals surface area (Å²) in [7, 11) is 0. The second kappa shape index (κ2) is 18.0. The smallest absolute Gasteiger partial charge is 0.373 e. The molecule has 8 aromatic rings. The SMILES string of the molecule is Fc1ccccc1Cn1nc(-c2ncc(F)c(Cl)n2)cc1-c1ccon1.OC(CSc1nc(-c2cc(-c3ccon3)n(Cc3ccccc3F)n2)ncc1F)(C(F)(F)F)C(F)(F)F. The number of hydrogen-bond donors (Lipinski definition) is 1. The third-order valence-electron chi connectivity index (χ3n) is 8.74. The van der Waals surface area contributed by atoms with Crippen LogP contribution in [0.25, 0.3) is 45.8 Å². The molecule has 0 aliphatic rings. The molecule has 25 heteroatoms. The van der Waals surface area contributed by atoms with Crippen LogP contribution in [0.5, 0.6) is 0 Å². The van der Waals surface area contributed by atoms with Gasteiger partial charge in [0, 0.05) is 29.0 Å². The van der Waals surface area contributed by atoms with Gasteiger partial charge in [0.15, 0.2) is 28.4 Å². The molecule has 6 heterocycles. The van der Waals surface area contributed by atoms with E-state index in [1.807, 2.05) is 0 Å². The fourth-order valence-corrected chi connectivity index (χ4v) is 6.66. The van der Waals surface area contributed by atoms with E-state index in [1.165, 1.54) is 53.6 Å². The minimum absolute atomic E-state index is 0.0712. The largest absolute Gasteiger partial charge is 0.427 e. The lowest BCUT2D eigenvalue weighted by molar-refractivity contribution is -0.358. The fourth-order valence-electron chi connectivity index (χ4n) is 5.51. The number of aliphatic hydroxyl groups is 1. The molecule has 0 aliphatic carbocycles. The van der Waals surface area contributed by atoms with Crippen molar-refractivity contribution in [2.75, 3.05) is 5.75 Å². The Hall–Kier alpha value is -6.66. The first-order chi connectivity index (χ1) is 29.9. The van der Waals surface area contributed by atoms with E-state index in [0.29, 0.717) is 28.8 Å². The number of hydrogen-bond acceptors (Lipinski definition) is 12. The Morgan fingerprint density at radius 3 is 1.49 bits per heavy atom. The molecule has 0 radical (unpaired) electrons. The van der Waals surface area contributed by atoms with E-state index in [9.17, 15) is 49.0 Å². The van der Waals surface area contributed by atoms with Gasteiger partial charge in [0.05, 0.1) is 36.9 Å². The Labute approximate surface area is 355 Å². The zero-order valence-corrected chi connectivity index (χ0v) is 32.7. The summed E-state index contributed by atoms with van der Waals surface area (Å²) in [6, 6.07) is 18.3. The Morgan fingerprint density at radius 2 is 1.06 bits per heavy atom. The van der Waals surface area contributed by atoms with Crippen LogP contribution in [0.4, 0.5) is 43.9 Å². The lowest BCUT2D eigenvalue weighted by Crippen LogP contribution is -2.58. The van der Waals surface area contributed by atoms with Gasteiger partial charge in [0.2, 0.25) is 0 Å². The van der Waals surface area contributed by atoms with Crippen molar-refractivity contribution in [3.8, 4) is 45.8 Å². The first-order valence-corrected chi connectivity index (χ1v) is 18.9. The highest BCUT2D eigenvalue weighted by molar-refractivity contribution is 7.99. The number of nitrogens with zero attached hydrogens (tertiary/aromatic N) is 10. The summed E-state index contributed by atoms with van der Waals surface area (Å²) < 4.78 is 146. The van der Waals surface area contributed by atoms with E-state index in [-0.39, 0.29) is 70.1 Å². The van der Waals surface area contributed by atoms with E-state index in [1.54, 1.807) is 41.1 Å². The molecule has 63 heavy (non-hydrogen) atoms. The Bertz CT molecular complexity index is 2820. The van der Waals surface area contributed by atoms with E-state index in [0.717, 1.165) is 6.20 Å². The molecule has 0 spiro atoms. The standard InChI is InChI=1S/C21H13F8N5O2S.C17H10ClF2N5O/c22-12-4-2-1-3-11(12)9-34-16(14-5-6-36-33-14)7-15(32-34)17-30-8-13(23)18(31-17)37-10-19(35,20(24,25)26)21(27,28)29;18-16-12(20)8-21-17(22-16)14-7-15(13-5-6-26-24-13)25(23-14)9-10-3-1-2-4-11(10)19/h1-8,35H,9-10H2;1-8H,9H2. The highest BCUT2D eigenvalue weighted by atomic mass is 35.5. The topological polar surface area (TPSA) is 159 Å². The first-order valence-electron chi connectivity index (χ1n) is 17.6. The van der Waals surface area contributed by atoms with Gasteiger partial charge in [0.25, 0.3) is 5.60 Å². The van der Waals surface area contributed by atoms with Crippen LogP contribution < -0.4 is 0 Å². The average Bonchev–Trinajstić information content (AvgIpc) is 4.08. The second-order valence-corrected chi connectivity index (χ2v) is 14.2. The van der Waals surface area contributed by atoms with Crippen LogP contribution in [0.3, 0.4) is 0 Å². The quantitative estimate of drug-likeness (QED) is 0.0746. The average molecular weight is 925 g/mol. The number of benzene rings is 2. The maximum absolute atomic E-state index is 14.2. The van der Waals surface area contributed by atoms with Crippen molar-refractivity contribution in [2.24, 2.45) is 0 Å². The Morgan fingerprint density at radius 1 is 0.603 bits per heavy atom. The van der Waals surface area contributed by atoms with Crippen LogP contribution in [-0.4, -0.2) is 78.6 Å². The Kier molecular flexibility index (Phi) is 12.7. The molecule has 6 aromatic heterocycles. The van der Waals surface area contributed by atoms with Crippen LogP contribution in [-0.2, 0) is 13.1 Å². The van der Waals surface area contributed by atoms with Gasteiger partial charge in [0.1, 0.15) is 52.0 Å². The zero-order valence-electron chi connectivity index (χ0n) is 31.2. The van der Waals surface area contributed by atoms with Crippen molar-refractivity contribution in [3.63, 3.8) is 0 Å². The Balaban J connectivity index is 0.000000200. The summed E-state index contributed by atoms with van der Waals surface area (Å²) in [5.74, 6) is -5.15. The molecule has 0 saturated heterocycles. The van der Waals surface area contributed by atoms with E-state index < -0.39 is 46.2 Å². The van der Waals surface area contributed by atoms with Crippen molar-refractivity contribution in [2.45, 2.75) is 36.1 Å². The van der Waals surface area contributed by atoms with Crippen molar-refractivity contribution < 1.29 is 58.1 Å².